The fraction of sp³-hybridized carbons (Fsp3) is 0.143. The normalized spacial score (nSPS) is 12.9. The number of nitrogens with zero attached hydrogens (tertiary/aromatic N) is 2. The van der Waals surface area contributed by atoms with E-state index in [4.69, 9.17) is 0 Å². The van der Waals surface area contributed by atoms with Gasteiger partial charge in [0.25, 0.3) is 0 Å². The van der Waals surface area contributed by atoms with Crippen molar-refractivity contribution in [1.29, 1.82) is 0 Å². The first kappa shape index (κ1) is 15.5. The molecule has 0 bridgehead atoms. The second-order valence-electron chi connectivity index (χ2n) is 6.18. The molecule has 0 unspecified atom stereocenters. The van der Waals surface area contributed by atoms with Crippen LogP contribution in [-0.2, 0) is 17.6 Å². The summed E-state index contributed by atoms with van der Waals surface area (Å²) in [6, 6.07) is 16.3. The Morgan fingerprint density at radius 1 is 1.00 bits per heavy atom. The lowest BCUT2D eigenvalue weighted by Gasteiger charge is -2.18. The zero-order valence-corrected chi connectivity index (χ0v) is 13.7. The highest BCUT2D eigenvalue weighted by Crippen LogP contribution is 2.32. The molecule has 124 valence electrons. The maximum atomic E-state index is 13.0. The van der Waals surface area contributed by atoms with E-state index in [1.807, 2.05) is 29.2 Å². The quantitative estimate of drug-likeness (QED) is 0.726. The third-order valence-corrected chi connectivity index (χ3v) is 4.56. The van der Waals surface area contributed by atoms with Crippen molar-refractivity contribution >= 4 is 11.6 Å². The van der Waals surface area contributed by atoms with Crippen LogP contribution in [0.4, 0.5) is 10.1 Å². The molecule has 0 radical (unpaired) electrons. The Morgan fingerprint density at radius 3 is 2.52 bits per heavy atom. The highest BCUT2D eigenvalue weighted by atomic mass is 19.1. The maximum absolute atomic E-state index is 13.0. The van der Waals surface area contributed by atoms with E-state index in [9.17, 15) is 9.18 Å². The van der Waals surface area contributed by atoms with Crippen LogP contribution >= 0.6 is 0 Å². The average molecular weight is 332 g/mol. The average Bonchev–Trinajstić information content (AvgIpc) is 3.07. The number of benzene rings is 2. The van der Waals surface area contributed by atoms with Crippen molar-refractivity contribution in [3.8, 4) is 11.1 Å². The van der Waals surface area contributed by atoms with Gasteiger partial charge in [-0.15, -0.1) is 0 Å². The second-order valence-corrected chi connectivity index (χ2v) is 6.18. The molecule has 4 heteroatoms. The predicted molar refractivity (Wildman–Crippen MR) is 95.8 cm³/mol. The fourth-order valence-corrected chi connectivity index (χ4v) is 3.26. The third kappa shape index (κ3) is 3.15. The Bertz CT molecular complexity index is 907. The van der Waals surface area contributed by atoms with Gasteiger partial charge in [-0.2, -0.15) is 0 Å². The highest BCUT2D eigenvalue weighted by Gasteiger charge is 2.24. The van der Waals surface area contributed by atoms with Crippen molar-refractivity contribution < 1.29 is 9.18 Å². The first-order valence-electron chi connectivity index (χ1n) is 8.29. The summed E-state index contributed by atoms with van der Waals surface area (Å²) in [5.41, 5.74) is 5.24. The van der Waals surface area contributed by atoms with Crippen LogP contribution in [0.5, 0.6) is 0 Å². The number of rotatable bonds is 3. The minimum atomic E-state index is -0.286. The lowest BCUT2D eigenvalue weighted by atomic mass is 10.0. The highest BCUT2D eigenvalue weighted by molar-refractivity contribution is 5.97. The molecule has 3 aromatic rings. The van der Waals surface area contributed by atoms with Crippen LogP contribution in [0, 0.1) is 5.82 Å². The molecule has 1 aliphatic heterocycles. The molecule has 1 aromatic heterocycles. The summed E-state index contributed by atoms with van der Waals surface area (Å²) in [5.74, 6) is -0.242. The number of anilines is 1. The Hall–Kier alpha value is -3.01. The number of hydrogen-bond donors (Lipinski definition) is 0. The summed E-state index contributed by atoms with van der Waals surface area (Å²) in [6.07, 6.45) is 4.69. The van der Waals surface area contributed by atoms with E-state index in [2.05, 4.69) is 11.1 Å². The first-order chi connectivity index (χ1) is 12.2. The number of fused-ring (bicyclic) bond motifs is 1. The number of halogens is 1. The zero-order chi connectivity index (χ0) is 17.2. The number of aromatic nitrogens is 1. The summed E-state index contributed by atoms with van der Waals surface area (Å²) in [6.45, 7) is 0.690. The van der Waals surface area contributed by atoms with E-state index in [1.165, 1.54) is 17.7 Å². The lowest BCUT2D eigenvalue weighted by molar-refractivity contribution is -0.117. The Balaban J connectivity index is 1.55. The molecule has 0 atom stereocenters. The lowest BCUT2D eigenvalue weighted by Crippen LogP contribution is -2.30. The van der Waals surface area contributed by atoms with E-state index in [-0.39, 0.29) is 18.1 Å². The van der Waals surface area contributed by atoms with Gasteiger partial charge in [0.05, 0.1) is 6.42 Å². The molecular formula is C21H17FN2O. The van der Waals surface area contributed by atoms with Crippen molar-refractivity contribution in [3.05, 3.63) is 83.9 Å². The standard InChI is InChI=1S/C21H17FN2O/c22-19-4-1-15(2-5-19)13-21(25)24-12-9-18-14-17(3-6-20(18)24)16-7-10-23-11-8-16/h1-8,10-11,14H,9,12-13H2. The molecule has 25 heavy (non-hydrogen) atoms. The second kappa shape index (κ2) is 6.48. The van der Waals surface area contributed by atoms with Gasteiger partial charge in [-0.3, -0.25) is 9.78 Å². The van der Waals surface area contributed by atoms with Crippen LogP contribution in [0.1, 0.15) is 11.1 Å². The number of amides is 1. The van der Waals surface area contributed by atoms with E-state index in [0.29, 0.717) is 6.54 Å². The summed E-state index contributed by atoms with van der Waals surface area (Å²) < 4.78 is 13.0. The zero-order valence-electron chi connectivity index (χ0n) is 13.7. The summed E-state index contributed by atoms with van der Waals surface area (Å²) in [7, 11) is 0. The molecule has 3 nitrogen and oxygen atoms in total. The molecule has 1 aliphatic rings. The molecule has 0 aliphatic carbocycles. The third-order valence-electron chi connectivity index (χ3n) is 4.56. The first-order valence-corrected chi connectivity index (χ1v) is 8.29. The summed E-state index contributed by atoms with van der Waals surface area (Å²) in [4.78, 5) is 18.5. The van der Waals surface area contributed by atoms with Crippen LogP contribution in [0.25, 0.3) is 11.1 Å². The molecule has 4 rings (SSSR count). The van der Waals surface area contributed by atoms with Crippen LogP contribution in [0.15, 0.2) is 67.0 Å². The smallest absolute Gasteiger partial charge is 0.231 e. The van der Waals surface area contributed by atoms with E-state index < -0.39 is 0 Å². The van der Waals surface area contributed by atoms with Gasteiger partial charge in [-0.1, -0.05) is 18.2 Å². The van der Waals surface area contributed by atoms with Crippen LogP contribution < -0.4 is 4.90 Å². The molecule has 0 spiro atoms. The monoisotopic (exact) mass is 332 g/mol. The minimum absolute atomic E-state index is 0.0435. The largest absolute Gasteiger partial charge is 0.312 e. The van der Waals surface area contributed by atoms with Crippen molar-refractivity contribution in [2.75, 3.05) is 11.4 Å². The molecular weight excluding hydrogens is 315 g/mol. The predicted octanol–water partition coefficient (Wildman–Crippen LogP) is 4.02. The van der Waals surface area contributed by atoms with Crippen LogP contribution in [0.2, 0.25) is 0 Å². The Labute approximate surface area is 145 Å². The minimum Gasteiger partial charge on any atom is -0.312 e. The summed E-state index contributed by atoms with van der Waals surface area (Å²) in [5, 5.41) is 0. The number of pyridine rings is 1. The van der Waals surface area contributed by atoms with Gasteiger partial charge in [0, 0.05) is 24.6 Å². The SMILES string of the molecule is O=C(Cc1ccc(F)cc1)N1CCc2cc(-c3ccncc3)ccc21. The van der Waals surface area contributed by atoms with Gasteiger partial charge in [0.2, 0.25) is 5.91 Å². The van der Waals surface area contributed by atoms with Crippen LogP contribution in [0.3, 0.4) is 0 Å². The van der Waals surface area contributed by atoms with Crippen molar-refractivity contribution in [2.24, 2.45) is 0 Å². The Kier molecular flexibility index (Phi) is 4.02. The van der Waals surface area contributed by atoms with Crippen molar-refractivity contribution in [3.63, 3.8) is 0 Å². The Morgan fingerprint density at radius 2 is 1.76 bits per heavy atom. The fourth-order valence-electron chi connectivity index (χ4n) is 3.26. The number of hydrogen-bond acceptors (Lipinski definition) is 2. The maximum Gasteiger partial charge on any atom is 0.231 e. The van der Waals surface area contributed by atoms with Gasteiger partial charge < -0.3 is 4.90 Å². The van der Waals surface area contributed by atoms with E-state index >= 15 is 0 Å². The van der Waals surface area contributed by atoms with Gasteiger partial charge in [0.1, 0.15) is 5.82 Å². The van der Waals surface area contributed by atoms with Gasteiger partial charge in [-0.05, 0) is 65.1 Å². The topological polar surface area (TPSA) is 33.2 Å². The van der Waals surface area contributed by atoms with Gasteiger partial charge in [0.15, 0.2) is 0 Å². The van der Waals surface area contributed by atoms with Crippen molar-refractivity contribution in [1.82, 2.24) is 4.98 Å². The van der Waals surface area contributed by atoms with Crippen LogP contribution in [-0.4, -0.2) is 17.4 Å². The van der Waals surface area contributed by atoms with Gasteiger partial charge >= 0.3 is 0 Å². The molecule has 0 saturated heterocycles. The molecule has 0 saturated carbocycles. The number of carbonyl (C=O) groups excluding carboxylic acids is 1. The molecule has 0 fully saturated rings. The molecule has 0 N–H and O–H groups in total. The summed E-state index contributed by atoms with van der Waals surface area (Å²) >= 11 is 0. The number of carbonyl (C=O) groups is 1. The van der Waals surface area contributed by atoms with E-state index in [1.54, 1.807) is 24.5 Å². The van der Waals surface area contributed by atoms with E-state index in [0.717, 1.165) is 28.8 Å². The molecule has 1 amide bonds. The van der Waals surface area contributed by atoms with Gasteiger partial charge in [-0.25, -0.2) is 4.39 Å². The van der Waals surface area contributed by atoms with Crippen molar-refractivity contribution in [2.45, 2.75) is 12.8 Å². The molecule has 2 aromatic carbocycles. The molecule has 2 heterocycles.